The van der Waals surface area contributed by atoms with Crippen LogP contribution in [0.1, 0.15) is 5.56 Å². The van der Waals surface area contributed by atoms with Crippen LogP contribution in [0.4, 0.5) is 0 Å². The van der Waals surface area contributed by atoms with E-state index in [-0.39, 0.29) is 5.97 Å². The molecule has 0 heterocycles. The van der Waals surface area contributed by atoms with Gasteiger partial charge in [-0.25, -0.2) is 0 Å². The van der Waals surface area contributed by atoms with Crippen molar-refractivity contribution in [2.24, 2.45) is 0 Å². The first kappa shape index (κ1) is 13.2. The van der Waals surface area contributed by atoms with Crippen LogP contribution < -0.4 is 0 Å². The van der Waals surface area contributed by atoms with Crippen LogP contribution >= 0.6 is 15.9 Å². The Balaban J connectivity index is 2.34. The van der Waals surface area contributed by atoms with Crippen LogP contribution in [0.15, 0.2) is 28.7 Å². The number of methoxy groups -OCH3 is 1. The van der Waals surface area contributed by atoms with Crippen LogP contribution in [0, 0.1) is 0 Å². The lowest BCUT2D eigenvalue weighted by Gasteiger charge is -2.14. The van der Waals surface area contributed by atoms with Crippen LogP contribution in [0.3, 0.4) is 0 Å². The summed E-state index contributed by atoms with van der Waals surface area (Å²) in [5.41, 5.74) is 1.26. The standard InChI is InChI=1S/C12H16BrNO2/c1-14(9-12(15)16-2)8-7-10-3-5-11(13)6-4-10/h3-6H,7-9H2,1-2H3. The van der Waals surface area contributed by atoms with Gasteiger partial charge in [0.15, 0.2) is 0 Å². The number of carbonyl (C=O) groups excluding carboxylic acids is 1. The normalized spacial score (nSPS) is 10.5. The van der Waals surface area contributed by atoms with Crippen molar-refractivity contribution in [1.82, 2.24) is 4.90 Å². The first-order chi connectivity index (χ1) is 7.61. The quantitative estimate of drug-likeness (QED) is 0.776. The molecule has 0 aromatic heterocycles. The van der Waals surface area contributed by atoms with Crippen LogP contribution in [-0.2, 0) is 16.0 Å². The number of ether oxygens (including phenoxy) is 1. The predicted octanol–water partition coefficient (Wildman–Crippen LogP) is 2.10. The molecule has 1 rings (SSSR count). The maximum atomic E-state index is 11.0. The lowest BCUT2D eigenvalue weighted by atomic mass is 10.1. The number of hydrogen-bond donors (Lipinski definition) is 0. The van der Waals surface area contributed by atoms with Gasteiger partial charge in [-0.1, -0.05) is 28.1 Å². The molecule has 0 aliphatic heterocycles. The van der Waals surface area contributed by atoms with Gasteiger partial charge >= 0.3 is 5.97 Å². The predicted molar refractivity (Wildman–Crippen MR) is 67.4 cm³/mol. The van der Waals surface area contributed by atoms with Crippen molar-refractivity contribution >= 4 is 21.9 Å². The molecule has 0 N–H and O–H groups in total. The molecule has 0 amide bonds. The summed E-state index contributed by atoms with van der Waals surface area (Å²) in [6, 6.07) is 8.21. The molecule has 0 aliphatic carbocycles. The van der Waals surface area contributed by atoms with Crippen LogP contribution in [0.5, 0.6) is 0 Å². The van der Waals surface area contributed by atoms with Crippen molar-refractivity contribution < 1.29 is 9.53 Å². The van der Waals surface area contributed by atoms with Gasteiger partial charge in [-0.3, -0.25) is 9.69 Å². The molecule has 0 radical (unpaired) electrons. The smallest absolute Gasteiger partial charge is 0.319 e. The molecule has 4 heteroatoms. The fourth-order valence-electron chi connectivity index (χ4n) is 1.34. The van der Waals surface area contributed by atoms with Gasteiger partial charge < -0.3 is 4.74 Å². The minimum atomic E-state index is -0.196. The van der Waals surface area contributed by atoms with Gasteiger partial charge in [0.05, 0.1) is 13.7 Å². The number of likely N-dealkylation sites (N-methyl/N-ethyl adjacent to an activating group) is 1. The molecule has 0 atom stereocenters. The molecule has 0 fully saturated rings. The second-order valence-electron chi connectivity index (χ2n) is 3.69. The molecule has 0 spiro atoms. The molecule has 0 saturated heterocycles. The average molecular weight is 286 g/mol. The summed E-state index contributed by atoms with van der Waals surface area (Å²) in [6.45, 7) is 1.18. The molecule has 16 heavy (non-hydrogen) atoms. The first-order valence-corrected chi connectivity index (χ1v) is 5.91. The van der Waals surface area contributed by atoms with Crippen molar-refractivity contribution in [3.05, 3.63) is 34.3 Å². The molecule has 0 aliphatic rings. The zero-order valence-corrected chi connectivity index (χ0v) is 11.2. The van der Waals surface area contributed by atoms with Gasteiger partial charge in [0.2, 0.25) is 0 Å². The highest BCUT2D eigenvalue weighted by Gasteiger charge is 2.05. The van der Waals surface area contributed by atoms with E-state index < -0.39 is 0 Å². The Morgan fingerprint density at radius 1 is 1.38 bits per heavy atom. The minimum absolute atomic E-state index is 0.196. The van der Waals surface area contributed by atoms with E-state index in [2.05, 4.69) is 32.8 Å². The fraction of sp³-hybridized carbons (Fsp3) is 0.417. The first-order valence-electron chi connectivity index (χ1n) is 5.11. The van der Waals surface area contributed by atoms with Gasteiger partial charge in [-0.15, -0.1) is 0 Å². The zero-order chi connectivity index (χ0) is 12.0. The van der Waals surface area contributed by atoms with Crippen molar-refractivity contribution in [2.45, 2.75) is 6.42 Å². The zero-order valence-electron chi connectivity index (χ0n) is 9.57. The summed E-state index contributed by atoms with van der Waals surface area (Å²) in [5, 5.41) is 0. The van der Waals surface area contributed by atoms with Gasteiger partial charge in [-0.2, -0.15) is 0 Å². The van der Waals surface area contributed by atoms with Crippen molar-refractivity contribution in [2.75, 3.05) is 27.2 Å². The monoisotopic (exact) mass is 285 g/mol. The average Bonchev–Trinajstić information content (AvgIpc) is 2.28. The Hall–Kier alpha value is -0.870. The topological polar surface area (TPSA) is 29.5 Å². The Kier molecular flexibility index (Phi) is 5.49. The number of hydrogen-bond acceptors (Lipinski definition) is 3. The van der Waals surface area contributed by atoms with E-state index in [1.54, 1.807) is 0 Å². The second kappa shape index (κ2) is 6.66. The Bertz CT molecular complexity index is 337. The lowest BCUT2D eigenvalue weighted by molar-refractivity contribution is -0.141. The molecule has 1 aromatic carbocycles. The molecular weight excluding hydrogens is 270 g/mol. The highest BCUT2D eigenvalue weighted by molar-refractivity contribution is 9.10. The summed E-state index contributed by atoms with van der Waals surface area (Å²) in [6.07, 6.45) is 0.931. The largest absolute Gasteiger partial charge is 0.468 e. The maximum Gasteiger partial charge on any atom is 0.319 e. The molecule has 1 aromatic rings. The van der Waals surface area contributed by atoms with Crippen LogP contribution in [0.2, 0.25) is 0 Å². The van der Waals surface area contributed by atoms with Gasteiger partial charge in [0, 0.05) is 11.0 Å². The van der Waals surface area contributed by atoms with Gasteiger partial charge in [0.1, 0.15) is 0 Å². The van der Waals surface area contributed by atoms with E-state index in [0.717, 1.165) is 17.4 Å². The van der Waals surface area contributed by atoms with E-state index in [1.165, 1.54) is 12.7 Å². The molecular formula is C12H16BrNO2. The second-order valence-corrected chi connectivity index (χ2v) is 4.61. The summed E-state index contributed by atoms with van der Waals surface area (Å²) in [4.78, 5) is 13.0. The van der Waals surface area contributed by atoms with Crippen molar-refractivity contribution in [3.63, 3.8) is 0 Å². The summed E-state index contributed by atoms with van der Waals surface area (Å²) >= 11 is 3.40. The van der Waals surface area contributed by atoms with Crippen LogP contribution in [-0.4, -0.2) is 38.1 Å². The molecule has 0 unspecified atom stereocenters. The number of carbonyl (C=O) groups is 1. The van der Waals surface area contributed by atoms with E-state index in [4.69, 9.17) is 0 Å². The third-order valence-corrected chi connectivity index (χ3v) is 2.85. The third-order valence-electron chi connectivity index (χ3n) is 2.32. The molecule has 0 bridgehead atoms. The SMILES string of the molecule is COC(=O)CN(C)CCc1ccc(Br)cc1. The van der Waals surface area contributed by atoms with Gasteiger partial charge in [-0.05, 0) is 31.2 Å². The Morgan fingerprint density at radius 3 is 2.56 bits per heavy atom. The van der Waals surface area contributed by atoms with Gasteiger partial charge in [0.25, 0.3) is 0 Å². The minimum Gasteiger partial charge on any atom is -0.468 e. The number of esters is 1. The Labute approximate surface area is 105 Å². The number of rotatable bonds is 5. The summed E-state index contributed by atoms with van der Waals surface area (Å²) in [7, 11) is 3.32. The molecule has 3 nitrogen and oxygen atoms in total. The van der Waals surface area contributed by atoms with E-state index in [0.29, 0.717) is 6.54 Å². The lowest BCUT2D eigenvalue weighted by Crippen LogP contribution is -2.28. The molecule has 0 saturated carbocycles. The third kappa shape index (κ3) is 4.77. The number of nitrogens with zero attached hydrogens (tertiary/aromatic N) is 1. The summed E-state index contributed by atoms with van der Waals surface area (Å²) < 4.78 is 5.68. The Morgan fingerprint density at radius 2 is 2.00 bits per heavy atom. The number of halogens is 1. The molecule has 88 valence electrons. The summed E-state index contributed by atoms with van der Waals surface area (Å²) in [5.74, 6) is -0.196. The van der Waals surface area contributed by atoms with Crippen LogP contribution in [0.25, 0.3) is 0 Å². The van der Waals surface area contributed by atoms with Crippen molar-refractivity contribution in [1.29, 1.82) is 0 Å². The van der Waals surface area contributed by atoms with E-state index in [1.807, 2.05) is 24.1 Å². The van der Waals surface area contributed by atoms with E-state index in [9.17, 15) is 4.79 Å². The highest BCUT2D eigenvalue weighted by atomic mass is 79.9. The number of benzene rings is 1. The van der Waals surface area contributed by atoms with E-state index >= 15 is 0 Å². The van der Waals surface area contributed by atoms with Crippen molar-refractivity contribution in [3.8, 4) is 0 Å². The fourth-order valence-corrected chi connectivity index (χ4v) is 1.60. The highest BCUT2D eigenvalue weighted by Crippen LogP contribution is 2.10. The maximum absolute atomic E-state index is 11.0.